The number of ketones is 1. The summed E-state index contributed by atoms with van der Waals surface area (Å²) >= 11 is 0. The standard InChI is InChI=1S/C38H42O13/c1-20-25(41)17-38(45)33(50-34(43)24-14-10-7-11-15-24)30-28(31(42)32(48-21(2)39)29(20)36(38,4)5)26(16-27-37(30,19-47-27)51-22(3)40)49-35(44)46-18-23-12-8-6-9-13-23/h6-15,25-28,30,32-33,41,45H,16-19H2,1-5H3/t25-,26-,27+,28?,30+,32+,33-,37-,38+/m0/s1. The molecule has 2 N–H and O–H groups in total. The lowest BCUT2D eigenvalue weighted by atomic mass is 9.48. The second-order valence-electron chi connectivity index (χ2n) is 14.3. The molecule has 2 saturated carbocycles. The summed E-state index contributed by atoms with van der Waals surface area (Å²) in [5, 5.41) is 24.5. The molecule has 0 amide bonds. The average molecular weight is 707 g/mol. The lowest BCUT2D eigenvalue weighted by Crippen LogP contribution is -2.79. The van der Waals surface area contributed by atoms with E-state index in [1.165, 1.54) is 19.1 Å². The van der Waals surface area contributed by atoms with Gasteiger partial charge in [0.05, 0.1) is 30.1 Å². The van der Waals surface area contributed by atoms with Crippen molar-refractivity contribution in [1.82, 2.24) is 0 Å². The van der Waals surface area contributed by atoms with Crippen molar-refractivity contribution in [2.75, 3.05) is 6.61 Å². The zero-order valence-corrected chi connectivity index (χ0v) is 29.0. The van der Waals surface area contributed by atoms with Crippen LogP contribution in [-0.4, -0.2) is 88.4 Å². The number of aliphatic hydroxyl groups excluding tert-OH is 1. The van der Waals surface area contributed by atoms with Crippen LogP contribution >= 0.6 is 0 Å². The molecule has 0 spiro atoms. The molecular weight excluding hydrogens is 664 g/mol. The van der Waals surface area contributed by atoms with Gasteiger partial charge in [0, 0.05) is 32.1 Å². The van der Waals surface area contributed by atoms with Gasteiger partial charge in [0.1, 0.15) is 30.5 Å². The Morgan fingerprint density at radius 1 is 0.922 bits per heavy atom. The minimum atomic E-state index is -2.18. The number of Topliss-reactive ketones (excluding diaryl/α,β-unsaturated/α-hetero) is 1. The predicted octanol–water partition coefficient (Wildman–Crippen LogP) is 3.62. The van der Waals surface area contributed by atoms with Gasteiger partial charge in [-0.2, -0.15) is 0 Å². The van der Waals surface area contributed by atoms with Gasteiger partial charge in [-0.05, 0) is 35.8 Å². The number of carbonyl (C=O) groups excluding carboxylic acids is 5. The number of hydrogen-bond donors (Lipinski definition) is 2. The van der Waals surface area contributed by atoms with Gasteiger partial charge in [-0.1, -0.05) is 62.4 Å². The number of aliphatic hydroxyl groups is 2. The van der Waals surface area contributed by atoms with E-state index in [1.807, 2.05) is 0 Å². The van der Waals surface area contributed by atoms with Crippen LogP contribution in [0, 0.1) is 17.3 Å². The van der Waals surface area contributed by atoms with Gasteiger partial charge >= 0.3 is 24.1 Å². The number of hydrogen-bond acceptors (Lipinski definition) is 13. The number of rotatable bonds is 7. The van der Waals surface area contributed by atoms with E-state index in [0.29, 0.717) is 5.56 Å². The molecule has 13 nitrogen and oxygen atoms in total. The summed E-state index contributed by atoms with van der Waals surface area (Å²) < 4.78 is 35.2. The van der Waals surface area contributed by atoms with Crippen LogP contribution in [0.1, 0.15) is 63.4 Å². The fraction of sp³-hybridized carbons (Fsp3) is 0.500. The van der Waals surface area contributed by atoms with Crippen molar-refractivity contribution in [3.8, 4) is 0 Å². The van der Waals surface area contributed by atoms with E-state index >= 15 is 4.79 Å². The summed E-state index contributed by atoms with van der Waals surface area (Å²) in [5.74, 6) is -6.15. The van der Waals surface area contributed by atoms with Crippen molar-refractivity contribution in [2.45, 2.75) is 95.8 Å². The third-order valence-corrected chi connectivity index (χ3v) is 11.0. The molecule has 1 unspecified atom stereocenters. The van der Waals surface area contributed by atoms with E-state index in [0.717, 1.165) is 6.92 Å². The lowest BCUT2D eigenvalue weighted by molar-refractivity contribution is -0.332. The van der Waals surface area contributed by atoms with Crippen LogP contribution in [0.2, 0.25) is 0 Å². The molecule has 1 saturated heterocycles. The van der Waals surface area contributed by atoms with Crippen molar-refractivity contribution in [2.24, 2.45) is 17.3 Å². The Morgan fingerprint density at radius 2 is 1.57 bits per heavy atom. The molecule has 13 heteroatoms. The summed E-state index contributed by atoms with van der Waals surface area (Å²) in [5.41, 5.74) is -4.16. The van der Waals surface area contributed by atoms with Gasteiger partial charge in [0.2, 0.25) is 0 Å². The number of fused-ring (bicyclic) bond motifs is 5. The summed E-state index contributed by atoms with van der Waals surface area (Å²) in [6.45, 7) is 6.68. The number of carbonyl (C=O) groups is 5. The zero-order valence-electron chi connectivity index (χ0n) is 29.0. The molecule has 51 heavy (non-hydrogen) atoms. The Kier molecular flexibility index (Phi) is 9.59. The lowest BCUT2D eigenvalue weighted by Gasteiger charge is -2.64. The van der Waals surface area contributed by atoms with E-state index < -0.39 is 88.8 Å². The first-order valence-corrected chi connectivity index (χ1v) is 16.9. The first kappa shape index (κ1) is 36.2. The van der Waals surface area contributed by atoms with Gasteiger partial charge in [-0.3, -0.25) is 14.4 Å². The quantitative estimate of drug-likeness (QED) is 0.242. The summed E-state index contributed by atoms with van der Waals surface area (Å²) in [6.07, 6.45) is -8.70. The SMILES string of the molecule is CC(=O)O[C@H]1C(=O)C2[C@@H](OC(=O)OCc3ccccc3)C[C@H]3OC[C@@]3(OC(C)=O)[C@H]2[C@H](OC(=O)c2ccccc2)[C@]2(O)C[C@H](O)C(C)=C1C2(C)C. The molecule has 1 heterocycles. The normalized spacial score (nSPS) is 33.5. The fourth-order valence-electron chi connectivity index (χ4n) is 8.51. The second kappa shape index (κ2) is 13.5. The van der Waals surface area contributed by atoms with Crippen LogP contribution in [0.15, 0.2) is 71.8 Å². The Labute approximate surface area is 294 Å². The first-order chi connectivity index (χ1) is 24.1. The van der Waals surface area contributed by atoms with Crippen molar-refractivity contribution < 1.29 is 62.6 Å². The maximum absolute atomic E-state index is 15.2. The van der Waals surface area contributed by atoms with Crippen LogP contribution < -0.4 is 0 Å². The third kappa shape index (κ3) is 6.21. The van der Waals surface area contributed by atoms with Crippen LogP contribution in [0.25, 0.3) is 0 Å². The molecule has 2 bridgehead atoms. The number of esters is 3. The zero-order chi connectivity index (χ0) is 36.9. The molecule has 3 aliphatic carbocycles. The van der Waals surface area contributed by atoms with Crippen molar-refractivity contribution in [3.05, 3.63) is 82.9 Å². The molecule has 0 radical (unpaired) electrons. The number of benzene rings is 2. The topological polar surface area (TPSA) is 181 Å². The van der Waals surface area contributed by atoms with Crippen LogP contribution in [-0.2, 0) is 49.4 Å². The van der Waals surface area contributed by atoms with Crippen molar-refractivity contribution in [3.63, 3.8) is 0 Å². The minimum absolute atomic E-state index is 0.113. The van der Waals surface area contributed by atoms with Crippen LogP contribution in [0.5, 0.6) is 0 Å². The second-order valence-corrected chi connectivity index (χ2v) is 14.3. The highest BCUT2D eigenvalue weighted by atomic mass is 16.7. The Bertz CT molecular complexity index is 1740. The highest BCUT2D eigenvalue weighted by Gasteiger charge is 2.75. The Balaban J connectivity index is 1.54. The molecule has 9 atom stereocenters. The molecule has 1 aliphatic heterocycles. The number of ether oxygens (including phenoxy) is 6. The van der Waals surface area contributed by atoms with Gasteiger partial charge in [0.15, 0.2) is 17.5 Å². The van der Waals surface area contributed by atoms with Crippen LogP contribution in [0.4, 0.5) is 4.79 Å². The van der Waals surface area contributed by atoms with Crippen molar-refractivity contribution >= 4 is 29.8 Å². The maximum atomic E-state index is 15.2. The highest BCUT2D eigenvalue weighted by Crippen LogP contribution is 2.61. The van der Waals surface area contributed by atoms with E-state index in [1.54, 1.807) is 69.3 Å². The molecule has 0 aromatic heterocycles. The van der Waals surface area contributed by atoms with E-state index in [2.05, 4.69) is 0 Å². The molecule has 2 aromatic carbocycles. The van der Waals surface area contributed by atoms with Gasteiger partial charge in [0.25, 0.3) is 0 Å². The highest BCUT2D eigenvalue weighted by molar-refractivity contribution is 5.93. The maximum Gasteiger partial charge on any atom is 0.508 e. The van der Waals surface area contributed by atoms with E-state index in [4.69, 9.17) is 28.4 Å². The average Bonchev–Trinajstić information content (AvgIpc) is 3.07. The van der Waals surface area contributed by atoms with Gasteiger partial charge < -0.3 is 38.6 Å². The molecule has 3 fully saturated rings. The molecular formula is C38H42O13. The first-order valence-electron chi connectivity index (χ1n) is 16.9. The Morgan fingerprint density at radius 3 is 2.16 bits per heavy atom. The van der Waals surface area contributed by atoms with E-state index in [9.17, 15) is 29.4 Å². The minimum Gasteiger partial charge on any atom is -0.455 e. The smallest absolute Gasteiger partial charge is 0.455 e. The third-order valence-electron chi connectivity index (χ3n) is 11.0. The van der Waals surface area contributed by atoms with Gasteiger partial charge in [-0.25, -0.2) is 9.59 Å². The van der Waals surface area contributed by atoms with Crippen molar-refractivity contribution in [1.29, 1.82) is 0 Å². The molecule has 6 rings (SSSR count). The summed E-state index contributed by atoms with van der Waals surface area (Å²) in [7, 11) is 0. The predicted molar refractivity (Wildman–Crippen MR) is 176 cm³/mol. The fourth-order valence-corrected chi connectivity index (χ4v) is 8.51. The van der Waals surface area contributed by atoms with Crippen LogP contribution in [0.3, 0.4) is 0 Å². The monoisotopic (exact) mass is 706 g/mol. The molecule has 2 aromatic rings. The molecule has 4 aliphatic rings. The Hall–Kier alpha value is -4.59. The van der Waals surface area contributed by atoms with E-state index in [-0.39, 0.29) is 42.8 Å². The molecule has 272 valence electrons. The summed E-state index contributed by atoms with van der Waals surface area (Å²) in [4.78, 5) is 67.9. The largest absolute Gasteiger partial charge is 0.508 e. The summed E-state index contributed by atoms with van der Waals surface area (Å²) in [6, 6.07) is 16.8. The van der Waals surface area contributed by atoms with Gasteiger partial charge in [-0.15, -0.1) is 0 Å².